The molecule has 0 saturated heterocycles. The first-order chi connectivity index (χ1) is 9.76. The average molecular weight is 273 g/mol. The number of aliphatic hydroxyl groups excluding tert-OH is 1. The Balaban J connectivity index is 2.24. The van der Waals surface area contributed by atoms with Gasteiger partial charge in [-0.2, -0.15) is 0 Å². The number of hydrogen-bond acceptors (Lipinski definition) is 4. The van der Waals surface area contributed by atoms with Crippen LogP contribution in [0, 0.1) is 0 Å². The van der Waals surface area contributed by atoms with Gasteiger partial charge in [-0.25, -0.2) is 0 Å². The van der Waals surface area contributed by atoms with Crippen molar-refractivity contribution in [3.8, 4) is 11.5 Å². The van der Waals surface area contributed by atoms with Crippen molar-refractivity contribution in [1.82, 2.24) is 0 Å². The van der Waals surface area contributed by atoms with Gasteiger partial charge in [-0.1, -0.05) is 42.5 Å². The lowest BCUT2D eigenvalue weighted by atomic mass is 10.1. The van der Waals surface area contributed by atoms with Gasteiger partial charge in [0.1, 0.15) is 6.61 Å². The molecule has 0 radical (unpaired) electrons. The van der Waals surface area contributed by atoms with E-state index in [-0.39, 0.29) is 6.61 Å². The van der Waals surface area contributed by atoms with E-state index in [0.29, 0.717) is 18.1 Å². The van der Waals surface area contributed by atoms with Crippen LogP contribution in [0.5, 0.6) is 11.5 Å². The molecule has 0 amide bonds. The number of rotatable bonds is 6. The molecule has 106 valence electrons. The molecule has 4 heteroatoms. The third-order valence-corrected chi connectivity index (χ3v) is 3.05. The molecule has 0 aliphatic heterocycles. The summed E-state index contributed by atoms with van der Waals surface area (Å²) in [5, 5.41) is 9.24. The third kappa shape index (κ3) is 3.29. The Labute approximate surface area is 118 Å². The van der Waals surface area contributed by atoms with E-state index in [1.54, 1.807) is 7.11 Å². The van der Waals surface area contributed by atoms with E-state index in [9.17, 15) is 5.11 Å². The zero-order valence-electron chi connectivity index (χ0n) is 11.5. The van der Waals surface area contributed by atoms with Gasteiger partial charge in [0.05, 0.1) is 19.8 Å². The summed E-state index contributed by atoms with van der Waals surface area (Å²) in [6, 6.07) is 14.8. The molecule has 2 aromatic carbocycles. The lowest BCUT2D eigenvalue weighted by Crippen LogP contribution is -2.16. The van der Waals surface area contributed by atoms with Crippen molar-refractivity contribution in [2.75, 3.05) is 13.7 Å². The van der Waals surface area contributed by atoms with Gasteiger partial charge < -0.3 is 20.3 Å². The number of hydrogen-bond donors (Lipinski definition) is 2. The Morgan fingerprint density at radius 2 is 1.85 bits per heavy atom. The second-order valence-electron chi connectivity index (χ2n) is 4.44. The topological polar surface area (TPSA) is 64.7 Å². The van der Waals surface area contributed by atoms with Gasteiger partial charge >= 0.3 is 0 Å². The third-order valence-electron chi connectivity index (χ3n) is 3.05. The lowest BCUT2D eigenvalue weighted by Gasteiger charge is -2.18. The number of methoxy groups -OCH3 is 1. The normalized spacial score (nSPS) is 11.9. The zero-order valence-corrected chi connectivity index (χ0v) is 11.5. The molecule has 0 aliphatic carbocycles. The second-order valence-corrected chi connectivity index (χ2v) is 4.44. The number of ether oxygens (including phenoxy) is 2. The Kier molecular flexibility index (Phi) is 4.98. The van der Waals surface area contributed by atoms with Crippen molar-refractivity contribution in [2.24, 2.45) is 5.73 Å². The summed E-state index contributed by atoms with van der Waals surface area (Å²) in [4.78, 5) is 0. The molecule has 0 spiro atoms. The van der Waals surface area contributed by atoms with Crippen molar-refractivity contribution in [3.05, 3.63) is 59.7 Å². The summed E-state index contributed by atoms with van der Waals surface area (Å²) in [5.74, 6) is 1.20. The van der Waals surface area contributed by atoms with Crippen molar-refractivity contribution in [3.63, 3.8) is 0 Å². The Hall–Kier alpha value is -2.04. The van der Waals surface area contributed by atoms with E-state index in [1.165, 1.54) is 0 Å². The van der Waals surface area contributed by atoms with E-state index in [2.05, 4.69) is 0 Å². The van der Waals surface area contributed by atoms with Gasteiger partial charge in [0.2, 0.25) is 0 Å². The molecule has 0 fully saturated rings. The van der Waals surface area contributed by atoms with Crippen LogP contribution < -0.4 is 15.2 Å². The van der Waals surface area contributed by atoms with E-state index >= 15 is 0 Å². The van der Waals surface area contributed by atoms with Crippen LogP contribution in [0.1, 0.15) is 17.2 Å². The molecule has 0 bridgehead atoms. The Bertz CT molecular complexity index is 543. The summed E-state index contributed by atoms with van der Waals surface area (Å²) in [6.07, 6.45) is 0. The zero-order chi connectivity index (χ0) is 14.4. The van der Waals surface area contributed by atoms with Crippen molar-refractivity contribution >= 4 is 0 Å². The number of aliphatic hydroxyl groups is 1. The minimum atomic E-state index is -0.490. The van der Waals surface area contributed by atoms with Gasteiger partial charge in [0.25, 0.3) is 0 Å². The molecular weight excluding hydrogens is 254 g/mol. The smallest absolute Gasteiger partial charge is 0.166 e. The highest BCUT2D eigenvalue weighted by Crippen LogP contribution is 2.34. The maximum atomic E-state index is 9.24. The molecular formula is C16H19NO3. The van der Waals surface area contributed by atoms with Gasteiger partial charge in [0, 0.05) is 5.56 Å². The predicted molar refractivity (Wildman–Crippen MR) is 77.8 cm³/mol. The molecule has 3 N–H and O–H groups in total. The van der Waals surface area contributed by atoms with E-state index in [4.69, 9.17) is 15.2 Å². The molecule has 1 atom stereocenters. The van der Waals surface area contributed by atoms with Gasteiger partial charge in [-0.15, -0.1) is 0 Å². The molecule has 4 nitrogen and oxygen atoms in total. The number of benzene rings is 2. The fourth-order valence-corrected chi connectivity index (χ4v) is 1.97. The number of nitrogens with two attached hydrogens (primary N) is 1. The van der Waals surface area contributed by atoms with Crippen LogP contribution in [0.15, 0.2) is 48.5 Å². The molecule has 0 saturated carbocycles. The van der Waals surface area contributed by atoms with Crippen LogP contribution in [0.4, 0.5) is 0 Å². The van der Waals surface area contributed by atoms with Gasteiger partial charge in [-0.3, -0.25) is 0 Å². The standard InChI is InChI=1S/C16H19NO3/c1-19-15-9-5-8-13(14(17)10-18)16(15)20-11-12-6-3-2-4-7-12/h2-9,14,18H,10-11,17H2,1H3/t14-/m1/s1. The summed E-state index contributed by atoms with van der Waals surface area (Å²) in [6.45, 7) is 0.279. The van der Waals surface area contributed by atoms with Crippen LogP contribution in [-0.4, -0.2) is 18.8 Å². The van der Waals surface area contributed by atoms with Crippen LogP contribution in [0.3, 0.4) is 0 Å². The van der Waals surface area contributed by atoms with Crippen LogP contribution in [0.25, 0.3) is 0 Å². The first kappa shape index (κ1) is 14.4. The SMILES string of the molecule is COc1cccc([C@H](N)CO)c1OCc1ccccc1. The van der Waals surface area contributed by atoms with Crippen LogP contribution in [-0.2, 0) is 6.61 Å². The highest BCUT2D eigenvalue weighted by Gasteiger charge is 2.16. The number of para-hydroxylation sites is 1. The first-order valence-electron chi connectivity index (χ1n) is 6.46. The molecule has 0 unspecified atom stereocenters. The van der Waals surface area contributed by atoms with Crippen molar-refractivity contribution in [1.29, 1.82) is 0 Å². The van der Waals surface area contributed by atoms with Crippen LogP contribution >= 0.6 is 0 Å². The average Bonchev–Trinajstić information content (AvgIpc) is 2.52. The molecule has 2 aromatic rings. The van der Waals surface area contributed by atoms with Crippen LogP contribution in [0.2, 0.25) is 0 Å². The molecule has 0 aromatic heterocycles. The first-order valence-corrected chi connectivity index (χ1v) is 6.46. The second kappa shape index (κ2) is 6.93. The minimum absolute atomic E-state index is 0.144. The van der Waals surface area contributed by atoms with Gasteiger partial charge in [0.15, 0.2) is 11.5 Å². The molecule has 0 aliphatic rings. The quantitative estimate of drug-likeness (QED) is 0.847. The predicted octanol–water partition coefficient (Wildman–Crippen LogP) is 2.27. The summed E-state index contributed by atoms with van der Waals surface area (Å²) < 4.78 is 11.2. The fourth-order valence-electron chi connectivity index (χ4n) is 1.97. The minimum Gasteiger partial charge on any atom is -0.493 e. The maximum absolute atomic E-state index is 9.24. The fraction of sp³-hybridized carbons (Fsp3) is 0.250. The largest absolute Gasteiger partial charge is 0.493 e. The highest BCUT2D eigenvalue weighted by molar-refractivity contribution is 5.48. The maximum Gasteiger partial charge on any atom is 0.166 e. The molecule has 2 rings (SSSR count). The van der Waals surface area contributed by atoms with E-state index in [1.807, 2.05) is 48.5 Å². The monoisotopic (exact) mass is 273 g/mol. The highest BCUT2D eigenvalue weighted by atomic mass is 16.5. The Morgan fingerprint density at radius 3 is 2.50 bits per heavy atom. The van der Waals surface area contributed by atoms with Crippen molar-refractivity contribution < 1.29 is 14.6 Å². The van der Waals surface area contributed by atoms with E-state index < -0.39 is 6.04 Å². The van der Waals surface area contributed by atoms with Gasteiger partial charge in [-0.05, 0) is 11.6 Å². The molecule has 20 heavy (non-hydrogen) atoms. The van der Waals surface area contributed by atoms with E-state index in [0.717, 1.165) is 11.1 Å². The summed E-state index contributed by atoms with van der Waals surface area (Å²) >= 11 is 0. The van der Waals surface area contributed by atoms with Crippen molar-refractivity contribution in [2.45, 2.75) is 12.6 Å². The molecule has 0 heterocycles. The summed E-state index contributed by atoms with van der Waals surface area (Å²) in [5.41, 5.74) is 7.70. The lowest BCUT2D eigenvalue weighted by molar-refractivity contribution is 0.252. The summed E-state index contributed by atoms with van der Waals surface area (Å²) in [7, 11) is 1.58. The Morgan fingerprint density at radius 1 is 1.10 bits per heavy atom.